The molecule has 142 valence electrons. The predicted molar refractivity (Wildman–Crippen MR) is 91.5 cm³/mol. The number of carboxylic acid groups (broad SMARTS) is 1. The van der Waals surface area contributed by atoms with Gasteiger partial charge < -0.3 is 9.94 Å². The van der Waals surface area contributed by atoms with E-state index in [9.17, 15) is 22.0 Å². The fraction of sp³-hybridized carbons (Fsp3) is 0.176. The highest BCUT2D eigenvalue weighted by molar-refractivity contribution is 7.89. The van der Waals surface area contributed by atoms with Crippen LogP contribution in [-0.4, -0.2) is 31.8 Å². The normalized spacial score (nSPS) is 16.7. The van der Waals surface area contributed by atoms with Crippen LogP contribution in [0.1, 0.15) is 17.9 Å². The minimum atomic E-state index is -3.94. The first-order valence-corrected chi connectivity index (χ1v) is 9.24. The number of benzene rings is 2. The van der Waals surface area contributed by atoms with Gasteiger partial charge in [-0.2, -0.15) is 0 Å². The zero-order valence-corrected chi connectivity index (χ0v) is 14.5. The van der Waals surface area contributed by atoms with Gasteiger partial charge in [-0.3, -0.25) is 4.79 Å². The lowest BCUT2D eigenvalue weighted by atomic mass is 9.87. The number of sulfonamides is 1. The van der Waals surface area contributed by atoms with Crippen molar-refractivity contribution in [1.82, 2.24) is 0 Å². The Kier molecular flexibility index (Phi) is 4.94. The number of carboxylic acids is 1. The Morgan fingerprint density at radius 2 is 1.89 bits per heavy atom. The molecular formula is C17H14F2N2O5S. The third-order valence-corrected chi connectivity index (χ3v) is 5.06. The molecule has 0 fully saturated rings. The highest BCUT2D eigenvalue weighted by Gasteiger charge is 2.31. The van der Waals surface area contributed by atoms with Crippen molar-refractivity contribution in [2.45, 2.75) is 17.2 Å². The molecule has 0 aromatic heterocycles. The van der Waals surface area contributed by atoms with Gasteiger partial charge in [0.05, 0.1) is 22.9 Å². The lowest BCUT2D eigenvalue weighted by molar-refractivity contribution is -0.135. The molecule has 3 rings (SSSR count). The van der Waals surface area contributed by atoms with Gasteiger partial charge in [0.15, 0.2) is 11.6 Å². The minimum Gasteiger partial charge on any atom is -0.481 e. The third kappa shape index (κ3) is 3.81. The van der Waals surface area contributed by atoms with Gasteiger partial charge >= 0.3 is 5.97 Å². The quantitative estimate of drug-likeness (QED) is 0.803. The Morgan fingerprint density at radius 1 is 1.22 bits per heavy atom. The molecule has 1 aliphatic heterocycles. The molecule has 10 heteroatoms. The first-order valence-electron chi connectivity index (χ1n) is 7.70. The number of aliphatic carboxylic acids is 1. The van der Waals surface area contributed by atoms with E-state index in [1.807, 2.05) is 0 Å². The molecule has 0 saturated heterocycles. The molecule has 0 radical (unpaired) electrons. The van der Waals surface area contributed by atoms with Crippen LogP contribution in [0.25, 0.3) is 11.1 Å². The van der Waals surface area contributed by atoms with Crippen LogP contribution < -0.4 is 5.14 Å². The van der Waals surface area contributed by atoms with Gasteiger partial charge in [-0.15, -0.1) is 0 Å². The van der Waals surface area contributed by atoms with E-state index >= 15 is 0 Å². The summed E-state index contributed by atoms with van der Waals surface area (Å²) in [4.78, 5) is 15.8. The zero-order valence-electron chi connectivity index (χ0n) is 13.7. The van der Waals surface area contributed by atoms with Crippen molar-refractivity contribution in [1.29, 1.82) is 0 Å². The first kappa shape index (κ1) is 18.9. The highest BCUT2D eigenvalue weighted by atomic mass is 32.2. The molecular weight excluding hydrogens is 382 g/mol. The Hall–Kier alpha value is -2.85. The highest BCUT2D eigenvalue weighted by Crippen LogP contribution is 2.36. The molecule has 0 saturated carbocycles. The van der Waals surface area contributed by atoms with Gasteiger partial charge in [0.1, 0.15) is 6.61 Å². The Balaban J connectivity index is 2.12. The second-order valence-electron chi connectivity index (χ2n) is 5.90. The van der Waals surface area contributed by atoms with E-state index in [0.717, 1.165) is 6.07 Å². The van der Waals surface area contributed by atoms with Crippen LogP contribution in [0.15, 0.2) is 46.4 Å². The number of halogens is 2. The summed E-state index contributed by atoms with van der Waals surface area (Å²) < 4.78 is 51.2. The molecule has 1 atom stereocenters. The predicted octanol–water partition coefficient (Wildman–Crippen LogP) is 2.22. The fourth-order valence-corrected chi connectivity index (χ4v) is 3.41. The lowest BCUT2D eigenvalue weighted by Crippen LogP contribution is -2.17. The van der Waals surface area contributed by atoms with Crippen LogP contribution in [0.3, 0.4) is 0 Å². The van der Waals surface area contributed by atoms with Gasteiger partial charge in [0, 0.05) is 5.56 Å². The standard InChI is InChI=1S/C17H14F2N2O5S/c18-13-6-5-11(12-8-26-21-14(12)7-15(22)23)16(17(13)19)9-1-3-10(4-2-9)27(20,24)25/h1-6,12H,7-8H2,(H,22,23)(H2,20,24,25). The molecule has 1 heterocycles. The van der Waals surface area contributed by atoms with Crippen LogP contribution in [0.4, 0.5) is 8.78 Å². The van der Waals surface area contributed by atoms with Crippen LogP contribution >= 0.6 is 0 Å². The van der Waals surface area contributed by atoms with Crippen molar-refractivity contribution >= 4 is 21.7 Å². The summed E-state index contributed by atoms with van der Waals surface area (Å²) in [6, 6.07) is 7.21. The van der Waals surface area contributed by atoms with E-state index in [1.165, 1.54) is 30.3 Å². The monoisotopic (exact) mass is 396 g/mol. The Morgan fingerprint density at radius 3 is 2.48 bits per heavy atom. The molecule has 7 nitrogen and oxygen atoms in total. The average Bonchev–Trinajstić information content (AvgIpc) is 3.03. The summed E-state index contributed by atoms with van der Waals surface area (Å²) in [5.74, 6) is -4.05. The summed E-state index contributed by atoms with van der Waals surface area (Å²) in [6.07, 6.45) is -0.409. The molecule has 2 aromatic carbocycles. The summed E-state index contributed by atoms with van der Waals surface area (Å²) in [6.45, 7) is -0.0179. The molecule has 3 N–H and O–H groups in total. The molecule has 2 aromatic rings. The van der Waals surface area contributed by atoms with Crippen LogP contribution in [0.2, 0.25) is 0 Å². The number of nitrogens with zero attached hydrogens (tertiary/aromatic N) is 1. The minimum absolute atomic E-state index is 0.0179. The maximum absolute atomic E-state index is 14.6. The number of carbonyl (C=O) groups is 1. The van der Waals surface area contributed by atoms with E-state index in [1.54, 1.807) is 0 Å². The number of rotatable bonds is 5. The number of nitrogens with two attached hydrogens (primary N) is 1. The van der Waals surface area contributed by atoms with Crippen LogP contribution in [-0.2, 0) is 19.7 Å². The Bertz CT molecular complexity index is 1040. The molecule has 0 aliphatic carbocycles. The molecule has 27 heavy (non-hydrogen) atoms. The van der Waals surface area contributed by atoms with Crippen molar-refractivity contribution in [3.8, 4) is 11.1 Å². The van der Waals surface area contributed by atoms with E-state index in [0.29, 0.717) is 0 Å². The van der Waals surface area contributed by atoms with E-state index in [-0.39, 0.29) is 33.9 Å². The van der Waals surface area contributed by atoms with Crippen molar-refractivity contribution in [3.63, 3.8) is 0 Å². The first-order chi connectivity index (χ1) is 12.7. The number of hydrogen-bond donors (Lipinski definition) is 2. The number of primary sulfonamides is 1. The number of hydrogen-bond acceptors (Lipinski definition) is 5. The molecule has 0 bridgehead atoms. The van der Waals surface area contributed by atoms with Gasteiger partial charge in [-0.1, -0.05) is 23.4 Å². The van der Waals surface area contributed by atoms with Gasteiger partial charge in [0.25, 0.3) is 0 Å². The number of oxime groups is 1. The maximum atomic E-state index is 14.6. The summed E-state index contributed by atoms with van der Waals surface area (Å²) in [5.41, 5.74) is 0.547. The van der Waals surface area contributed by atoms with Crippen molar-refractivity contribution in [3.05, 3.63) is 53.6 Å². The molecule has 0 amide bonds. The second-order valence-corrected chi connectivity index (χ2v) is 7.46. The largest absolute Gasteiger partial charge is 0.481 e. The van der Waals surface area contributed by atoms with Gasteiger partial charge in [-0.25, -0.2) is 22.3 Å². The Labute approximate surface area is 153 Å². The topological polar surface area (TPSA) is 119 Å². The SMILES string of the molecule is NS(=O)(=O)c1ccc(-c2c(C3CON=C3CC(=O)O)ccc(F)c2F)cc1. The zero-order chi connectivity index (χ0) is 19.8. The smallest absolute Gasteiger partial charge is 0.309 e. The van der Waals surface area contributed by atoms with E-state index in [4.69, 9.17) is 15.1 Å². The van der Waals surface area contributed by atoms with Crippen LogP contribution in [0.5, 0.6) is 0 Å². The fourth-order valence-electron chi connectivity index (χ4n) is 2.89. The van der Waals surface area contributed by atoms with Gasteiger partial charge in [0.2, 0.25) is 10.0 Å². The molecule has 1 unspecified atom stereocenters. The average molecular weight is 396 g/mol. The van der Waals surface area contributed by atoms with E-state index < -0.39 is 40.0 Å². The lowest BCUT2D eigenvalue weighted by Gasteiger charge is -2.17. The molecule has 0 spiro atoms. The summed E-state index contributed by atoms with van der Waals surface area (Å²) >= 11 is 0. The van der Waals surface area contributed by atoms with Gasteiger partial charge in [-0.05, 0) is 29.3 Å². The van der Waals surface area contributed by atoms with Crippen molar-refractivity contribution in [2.24, 2.45) is 10.3 Å². The second kappa shape index (κ2) is 7.05. The van der Waals surface area contributed by atoms with Crippen molar-refractivity contribution < 1.29 is 31.9 Å². The summed E-state index contributed by atoms with van der Waals surface area (Å²) in [7, 11) is -3.94. The van der Waals surface area contributed by atoms with Crippen molar-refractivity contribution in [2.75, 3.05) is 6.61 Å². The maximum Gasteiger partial charge on any atom is 0.309 e. The van der Waals surface area contributed by atoms with Crippen LogP contribution in [0, 0.1) is 11.6 Å². The van der Waals surface area contributed by atoms with E-state index in [2.05, 4.69) is 5.16 Å². The third-order valence-electron chi connectivity index (χ3n) is 4.13. The summed E-state index contributed by atoms with van der Waals surface area (Å²) in [5, 5.41) is 17.7. The molecule has 1 aliphatic rings.